The van der Waals surface area contributed by atoms with E-state index < -0.39 is 42.9 Å². The molecule has 1 saturated heterocycles. The number of hydrogen-bond acceptors (Lipinski definition) is 22. The van der Waals surface area contributed by atoms with Crippen molar-refractivity contribution in [1.29, 1.82) is 0 Å². The summed E-state index contributed by atoms with van der Waals surface area (Å²) in [5, 5.41) is 11.1. The third-order valence-corrected chi connectivity index (χ3v) is 23.3. The SMILES string of the molecule is NCCCCCCN(CCCCCCN)C(=O)OCCN(CCOC(=O)N(CCCCCCN)CCCCCCN)P(=O)(N(CCOC(=O)N(CCCCCCN)CCCCCCN)CCOC(=O)N(CCCCCCN)CCCCCCN)N1CCN(C(=O)CCCCCCC(=O)Oc2ccc([N+](=O)[O-])cc2)CC1. The van der Waals surface area contributed by atoms with Crippen LogP contribution in [0.5, 0.6) is 5.75 Å². The van der Waals surface area contributed by atoms with Crippen molar-refractivity contribution >= 4 is 49.5 Å². The molecule has 638 valence electrons. The first-order valence-electron chi connectivity index (χ1n) is 42.4. The maximum absolute atomic E-state index is 17.7. The van der Waals surface area contributed by atoms with Gasteiger partial charge in [0.15, 0.2) is 0 Å². The molecule has 5 amide bonds. The van der Waals surface area contributed by atoms with Crippen LogP contribution in [0, 0.1) is 10.1 Å². The van der Waals surface area contributed by atoms with Crippen molar-refractivity contribution in [2.45, 2.75) is 244 Å². The Balaban J connectivity index is 2.85. The first kappa shape index (κ1) is 101. The lowest BCUT2D eigenvalue weighted by atomic mass is 10.1. The predicted molar refractivity (Wildman–Crippen MR) is 437 cm³/mol. The lowest BCUT2D eigenvalue weighted by Gasteiger charge is -2.47. The summed E-state index contributed by atoms with van der Waals surface area (Å²) in [7, 11) is -4.31. The van der Waals surface area contributed by atoms with E-state index in [1.165, 1.54) is 24.3 Å². The highest BCUT2D eigenvalue weighted by atomic mass is 31.2. The van der Waals surface area contributed by atoms with Crippen LogP contribution in [0.3, 0.4) is 0 Å². The van der Waals surface area contributed by atoms with Gasteiger partial charge in [-0.05, 0) is 180 Å². The van der Waals surface area contributed by atoms with Gasteiger partial charge >= 0.3 is 30.3 Å². The Bertz CT molecular complexity index is 2290. The first-order valence-corrected chi connectivity index (χ1v) is 44.0. The number of esters is 1. The number of non-ortho nitro benzene ring substituents is 1. The number of piperazine rings is 1. The highest BCUT2D eigenvalue weighted by Gasteiger charge is 2.45. The van der Waals surface area contributed by atoms with Gasteiger partial charge in [0.05, 0.1) is 4.92 Å². The van der Waals surface area contributed by atoms with Crippen molar-refractivity contribution in [1.82, 2.24) is 38.5 Å². The molecule has 31 nitrogen and oxygen atoms in total. The summed E-state index contributed by atoms with van der Waals surface area (Å²) in [5.74, 6) is -0.350. The Morgan fingerprint density at radius 2 is 0.591 bits per heavy atom. The number of rotatable bonds is 72. The van der Waals surface area contributed by atoms with Crippen LogP contribution < -0.4 is 50.6 Å². The normalized spacial score (nSPS) is 12.5. The number of nitrogens with zero attached hydrogens (tertiary/aromatic N) is 9. The van der Waals surface area contributed by atoms with E-state index >= 15 is 4.57 Å². The van der Waals surface area contributed by atoms with Crippen molar-refractivity contribution in [3.05, 3.63) is 34.4 Å². The zero-order valence-electron chi connectivity index (χ0n) is 67.8. The molecule has 0 atom stereocenters. The van der Waals surface area contributed by atoms with Gasteiger partial charge in [0, 0.05) is 130 Å². The molecule has 1 aliphatic rings. The smallest absolute Gasteiger partial charge is 0.409 e. The molecule has 1 aromatic rings. The van der Waals surface area contributed by atoms with Gasteiger partial charge in [0.25, 0.3) is 13.3 Å². The summed E-state index contributed by atoms with van der Waals surface area (Å²) in [4.78, 5) is 104. The van der Waals surface area contributed by atoms with Crippen molar-refractivity contribution in [2.24, 2.45) is 45.9 Å². The van der Waals surface area contributed by atoms with Crippen LogP contribution in [-0.4, -0.2) is 263 Å². The summed E-state index contributed by atoms with van der Waals surface area (Å²) < 4.78 is 53.4. The fraction of sp³-hybridized carbons (Fsp3) is 0.846. The molecule has 1 fully saturated rings. The average Bonchev–Trinajstić information content (AvgIpc) is 0.772. The number of nitro benzene ring substituents is 1. The van der Waals surface area contributed by atoms with Crippen LogP contribution in [0.15, 0.2) is 24.3 Å². The number of carbonyl (C=O) groups excluding carboxylic acids is 6. The van der Waals surface area contributed by atoms with Gasteiger partial charge in [-0.25, -0.2) is 33.2 Å². The van der Waals surface area contributed by atoms with Crippen LogP contribution in [-0.2, 0) is 33.1 Å². The second-order valence-electron chi connectivity index (χ2n) is 28.9. The summed E-state index contributed by atoms with van der Waals surface area (Å²) >= 11 is 0. The zero-order valence-corrected chi connectivity index (χ0v) is 68.7. The van der Waals surface area contributed by atoms with Crippen LogP contribution in [0.1, 0.15) is 244 Å². The number of hydrogen-bond donors (Lipinski definition) is 8. The predicted octanol–water partition coefficient (Wildman–Crippen LogP) is 10.6. The molecule has 0 aromatic heterocycles. The second-order valence-corrected chi connectivity index (χ2v) is 31.6. The maximum Gasteiger partial charge on any atom is 0.409 e. The minimum Gasteiger partial charge on any atom is -0.448 e. The number of nitrogens with two attached hydrogens (primary N) is 8. The number of nitro groups is 1. The third-order valence-electron chi connectivity index (χ3n) is 19.9. The summed E-state index contributed by atoms with van der Waals surface area (Å²) in [6.07, 6.45) is 28.1. The van der Waals surface area contributed by atoms with Gasteiger partial charge in [0.1, 0.15) is 32.2 Å². The number of amides is 5. The molecular weight excluding hydrogens is 1430 g/mol. The van der Waals surface area contributed by atoms with Crippen LogP contribution in [0.2, 0.25) is 0 Å². The van der Waals surface area contributed by atoms with Gasteiger partial charge in [-0.1, -0.05) is 116 Å². The van der Waals surface area contributed by atoms with Gasteiger partial charge < -0.3 is 94.1 Å². The monoisotopic (exact) mass is 1580 g/mol. The maximum atomic E-state index is 17.7. The number of carbonyl (C=O) groups is 6. The summed E-state index contributed by atoms with van der Waals surface area (Å²) in [5.41, 5.74) is 46.6. The molecule has 0 bridgehead atoms. The molecule has 1 aliphatic heterocycles. The Kier molecular flexibility index (Phi) is 62.0. The molecule has 1 aromatic carbocycles. The van der Waals surface area contributed by atoms with Crippen molar-refractivity contribution in [3.63, 3.8) is 0 Å². The van der Waals surface area contributed by atoms with Crippen molar-refractivity contribution in [2.75, 3.05) is 184 Å². The molecule has 0 spiro atoms. The van der Waals surface area contributed by atoms with Crippen LogP contribution in [0.4, 0.5) is 24.9 Å². The molecule has 0 saturated carbocycles. The van der Waals surface area contributed by atoms with Crippen LogP contribution >= 0.6 is 7.59 Å². The Morgan fingerprint density at radius 1 is 0.345 bits per heavy atom. The Morgan fingerprint density at radius 3 is 0.845 bits per heavy atom. The van der Waals surface area contributed by atoms with Gasteiger partial charge in [0.2, 0.25) is 5.91 Å². The minimum atomic E-state index is -4.31. The highest BCUT2D eigenvalue weighted by molar-refractivity contribution is 7.56. The number of unbranched alkanes of at least 4 members (excludes halogenated alkanes) is 27. The van der Waals surface area contributed by atoms with E-state index in [0.717, 1.165) is 205 Å². The third kappa shape index (κ3) is 47.2. The number of ether oxygens (including phenoxy) is 5. The summed E-state index contributed by atoms with van der Waals surface area (Å²) in [6, 6.07) is 5.31. The van der Waals surface area contributed by atoms with E-state index in [2.05, 4.69) is 0 Å². The molecule has 0 aliphatic carbocycles. The standard InChI is InChI=1S/C78H152N17O14P/c79-43-21-3-11-29-51-88(52-30-12-4-22-44-80)75(98)105-67-63-93(64-68-106-76(99)89(53-31-13-5-23-45-81)54-32-14-6-24-46-82)110(104,92-61-59-87(60-62-92)73(96)37-19-1-2-20-38-74(97)109-72-41-39-71(40-42-72)95(102)103)94(65-69-107-77(100)90(55-33-15-7-25-47-83)56-34-16-8-26-48-84)66-70-108-78(101)91(57-35-17-9-27-49-85)58-36-18-10-28-50-86/h39-42H,1-38,43-70,79-86H2. The average molecular weight is 1580 g/mol. The van der Waals surface area contributed by atoms with Crippen LogP contribution in [0.25, 0.3) is 0 Å². The van der Waals surface area contributed by atoms with E-state index in [-0.39, 0.29) is 109 Å². The van der Waals surface area contributed by atoms with E-state index in [0.29, 0.717) is 130 Å². The number of benzene rings is 1. The van der Waals surface area contributed by atoms with Crippen molar-refractivity contribution in [3.8, 4) is 5.75 Å². The Hall–Kier alpha value is -5.57. The molecule has 1 heterocycles. The van der Waals surface area contributed by atoms with Gasteiger partial charge in [-0.15, -0.1) is 0 Å². The van der Waals surface area contributed by atoms with Gasteiger partial charge in [-0.2, -0.15) is 0 Å². The second kappa shape index (κ2) is 67.9. The fourth-order valence-electron chi connectivity index (χ4n) is 13.3. The largest absolute Gasteiger partial charge is 0.448 e. The van der Waals surface area contributed by atoms with Crippen molar-refractivity contribution < 1.29 is 61.9 Å². The topological polar surface area (TPSA) is 443 Å². The lowest BCUT2D eigenvalue weighted by Crippen LogP contribution is -2.53. The molecule has 16 N–H and O–H groups in total. The molecule has 32 heteroatoms. The molecule has 110 heavy (non-hydrogen) atoms. The van der Waals surface area contributed by atoms with E-state index in [1.54, 1.807) is 33.8 Å². The van der Waals surface area contributed by atoms with Gasteiger partial charge in [-0.3, -0.25) is 24.3 Å². The lowest BCUT2D eigenvalue weighted by molar-refractivity contribution is -0.384. The molecule has 0 unspecified atom stereocenters. The zero-order chi connectivity index (χ0) is 80.3. The molecular formula is C78H152N17O14P. The minimum absolute atomic E-state index is 0.0957. The molecule has 0 radical (unpaired) electrons. The molecule has 2 rings (SSSR count). The summed E-state index contributed by atoms with van der Waals surface area (Å²) in [6.45, 7) is 7.62. The highest BCUT2D eigenvalue weighted by Crippen LogP contribution is 2.56. The fourth-order valence-corrected chi connectivity index (χ4v) is 16.4. The van der Waals surface area contributed by atoms with E-state index in [4.69, 9.17) is 69.6 Å². The van der Waals surface area contributed by atoms with E-state index in [9.17, 15) is 38.9 Å². The quantitative estimate of drug-likeness (QED) is 0.00571. The Labute approximate surface area is 660 Å². The first-order chi connectivity index (χ1) is 53.6. The van der Waals surface area contributed by atoms with E-state index in [1.807, 2.05) is 4.67 Å².